The number of methoxy groups -OCH3 is 1. The van der Waals surface area contributed by atoms with E-state index in [2.05, 4.69) is 0 Å². The van der Waals surface area contributed by atoms with E-state index in [1.165, 1.54) is 0 Å². The van der Waals surface area contributed by atoms with Gasteiger partial charge in [0, 0.05) is 12.7 Å². The van der Waals surface area contributed by atoms with E-state index in [4.69, 9.17) is 23.7 Å². The molecule has 4 unspecified atom stereocenters. The molecule has 1 aromatic rings. The molecule has 102 valence electrons. The van der Waals surface area contributed by atoms with Crippen molar-refractivity contribution in [2.45, 2.75) is 37.0 Å². The monoisotopic (exact) mass is 264 g/mol. The molecule has 5 heteroatoms. The van der Waals surface area contributed by atoms with Crippen LogP contribution in [0.1, 0.15) is 11.9 Å². The van der Waals surface area contributed by atoms with Gasteiger partial charge in [0.05, 0.1) is 6.61 Å². The summed E-state index contributed by atoms with van der Waals surface area (Å²) in [6, 6.07) is 9.92. The van der Waals surface area contributed by atoms with E-state index in [0.29, 0.717) is 6.61 Å². The van der Waals surface area contributed by atoms with Crippen LogP contribution < -0.4 is 0 Å². The average Bonchev–Trinajstić information content (AvgIpc) is 3.27. The summed E-state index contributed by atoms with van der Waals surface area (Å²) in [5, 5.41) is 0. The molecule has 0 spiro atoms. The van der Waals surface area contributed by atoms with Gasteiger partial charge in [-0.25, -0.2) is 0 Å². The van der Waals surface area contributed by atoms with Crippen LogP contribution in [0.15, 0.2) is 30.3 Å². The molecule has 3 saturated heterocycles. The van der Waals surface area contributed by atoms with Crippen LogP contribution in [0.2, 0.25) is 0 Å². The van der Waals surface area contributed by atoms with Crippen LogP contribution in [0, 0.1) is 0 Å². The minimum atomic E-state index is -0.338. The number of hydrogen-bond donors (Lipinski definition) is 0. The third-order valence-electron chi connectivity index (χ3n) is 3.83. The van der Waals surface area contributed by atoms with Gasteiger partial charge in [-0.1, -0.05) is 30.3 Å². The lowest BCUT2D eigenvalue weighted by Gasteiger charge is -2.39. The quantitative estimate of drug-likeness (QED) is 0.752. The maximum atomic E-state index is 6.00. The van der Waals surface area contributed by atoms with E-state index >= 15 is 0 Å². The van der Waals surface area contributed by atoms with Crippen LogP contribution in [0.3, 0.4) is 0 Å². The number of benzene rings is 1. The van der Waals surface area contributed by atoms with E-state index in [-0.39, 0.29) is 37.0 Å². The molecule has 0 saturated carbocycles. The molecule has 1 aromatic carbocycles. The number of rotatable bonds is 2. The fraction of sp³-hybridized carbons (Fsp3) is 0.571. The Morgan fingerprint density at radius 3 is 2.63 bits per heavy atom. The summed E-state index contributed by atoms with van der Waals surface area (Å²) in [4.78, 5) is 0. The highest BCUT2D eigenvalue weighted by Crippen LogP contribution is 2.43. The molecule has 3 fully saturated rings. The maximum absolute atomic E-state index is 6.00. The third kappa shape index (κ3) is 1.98. The van der Waals surface area contributed by atoms with Crippen molar-refractivity contribution >= 4 is 0 Å². The molecule has 4 rings (SSSR count). The zero-order valence-corrected chi connectivity index (χ0v) is 10.6. The molecular weight excluding hydrogens is 248 g/mol. The Labute approximate surface area is 111 Å². The molecule has 19 heavy (non-hydrogen) atoms. The summed E-state index contributed by atoms with van der Waals surface area (Å²) < 4.78 is 28.4. The zero-order chi connectivity index (χ0) is 12.8. The normalized spacial score (nSPS) is 44.3. The van der Waals surface area contributed by atoms with E-state index in [0.717, 1.165) is 5.56 Å². The largest absolute Gasteiger partial charge is 0.361 e. The van der Waals surface area contributed by atoms with Gasteiger partial charge in [0.15, 0.2) is 12.6 Å². The molecular formula is C14H16O5. The van der Waals surface area contributed by atoms with Gasteiger partial charge in [0.1, 0.15) is 24.4 Å². The topological polar surface area (TPSA) is 49.5 Å². The maximum Gasteiger partial charge on any atom is 0.186 e. The Bertz CT molecular complexity index is 450. The van der Waals surface area contributed by atoms with Crippen LogP contribution in [0.25, 0.3) is 0 Å². The minimum Gasteiger partial charge on any atom is -0.361 e. The summed E-state index contributed by atoms with van der Waals surface area (Å²) in [5.74, 6) is 0. The Morgan fingerprint density at radius 1 is 1.00 bits per heavy atom. The Morgan fingerprint density at radius 2 is 1.84 bits per heavy atom. The van der Waals surface area contributed by atoms with Crippen LogP contribution >= 0.6 is 0 Å². The van der Waals surface area contributed by atoms with Crippen LogP contribution in [0.4, 0.5) is 0 Å². The van der Waals surface area contributed by atoms with Crippen molar-refractivity contribution in [1.29, 1.82) is 0 Å². The van der Waals surface area contributed by atoms with Gasteiger partial charge in [0.25, 0.3) is 0 Å². The molecule has 5 nitrogen and oxygen atoms in total. The lowest BCUT2D eigenvalue weighted by atomic mass is 10.0. The van der Waals surface area contributed by atoms with Gasteiger partial charge >= 0.3 is 0 Å². The molecule has 0 bridgehead atoms. The van der Waals surface area contributed by atoms with Crippen LogP contribution in [-0.2, 0) is 23.7 Å². The molecule has 0 radical (unpaired) electrons. The van der Waals surface area contributed by atoms with Crippen molar-refractivity contribution in [3.05, 3.63) is 35.9 Å². The van der Waals surface area contributed by atoms with E-state index < -0.39 is 0 Å². The molecule has 3 heterocycles. The van der Waals surface area contributed by atoms with Crippen molar-refractivity contribution < 1.29 is 23.7 Å². The van der Waals surface area contributed by atoms with Gasteiger partial charge in [0.2, 0.25) is 0 Å². The Kier molecular flexibility index (Phi) is 2.82. The predicted octanol–water partition coefficient (Wildman–Crippen LogP) is 1.24. The number of fused-ring (bicyclic) bond motifs is 3. The van der Waals surface area contributed by atoms with E-state index in [1.54, 1.807) is 7.11 Å². The van der Waals surface area contributed by atoms with Crippen molar-refractivity contribution in [1.82, 2.24) is 0 Å². The van der Waals surface area contributed by atoms with Gasteiger partial charge in [-0.3, -0.25) is 0 Å². The smallest absolute Gasteiger partial charge is 0.186 e. The second-order valence-corrected chi connectivity index (χ2v) is 5.02. The minimum absolute atomic E-state index is 0.000716. The van der Waals surface area contributed by atoms with E-state index in [1.807, 2.05) is 30.3 Å². The fourth-order valence-corrected chi connectivity index (χ4v) is 2.80. The Hall–Kier alpha value is -0.980. The number of hydrogen-bond acceptors (Lipinski definition) is 5. The molecule has 6 atom stereocenters. The standard InChI is InChI=1S/C14H16O5/c1-15-14-12-11(18-12)10-9(17-14)7-16-13(19-10)8-5-3-2-4-6-8/h2-6,9-14H,7H2,1H3/t9?,10-,11?,12?,13?,14+/m1/s1. The molecule has 3 aliphatic rings. The highest BCUT2D eigenvalue weighted by Gasteiger charge is 2.60. The summed E-state index contributed by atoms with van der Waals surface area (Å²) >= 11 is 0. The summed E-state index contributed by atoms with van der Waals surface area (Å²) in [7, 11) is 1.63. The molecule has 0 amide bonds. The predicted molar refractivity (Wildman–Crippen MR) is 64.3 cm³/mol. The first-order valence-electron chi connectivity index (χ1n) is 6.52. The number of epoxide rings is 1. The van der Waals surface area contributed by atoms with Gasteiger partial charge < -0.3 is 23.7 Å². The summed E-state index contributed by atoms with van der Waals surface area (Å²) in [5.41, 5.74) is 1.02. The average molecular weight is 264 g/mol. The first-order valence-corrected chi connectivity index (χ1v) is 6.52. The highest BCUT2D eigenvalue weighted by molar-refractivity contribution is 5.17. The van der Waals surface area contributed by atoms with Gasteiger partial charge in [-0.05, 0) is 0 Å². The van der Waals surface area contributed by atoms with Crippen LogP contribution in [-0.4, -0.2) is 44.4 Å². The van der Waals surface area contributed by atoms with Crippen LogP contribution in [0.5, 0.6) is 0 Å². The number of ether oxygens (including phenoxy) is 5. The van der Waals surface area contributed by atoms with Crippen molar-refractivity contribution in [2.75, 3.05) is 13.7 Å². The van der Waals surface area contributed by atoms with Gasteiger partial charge in [-0.15, -0.1) is 0 Å². The summed E-state index contributed by atoms with van der Waals surface area (Å²) in [6.45, 7) is 0.497. The van der Waals surface area contributed by atoms with Crippen molar-refractivity contribution in [3.8, 4) is 0 Å². The fourth-order valence-electron chi connectivity index (χ4n) is 2.80. The first-order chi connectivity index (χ1) is 9.36. The first kappa shape index (κ1) is 11.8. The van der Waals surface area contributed by atoms with E-state index in [9.17, 15) is 0 Å². The molecule has 0 aliphatic carbocycles. The lowest BCUT2D eigenvalue weighted by Crippen LogP contribution is -2.52. The second kappa shape index (κ2) is 4.54. The van der Waals surface area contributed by atoms with Crippen molar-refractivity contribution in [2.24, 2.45) is 0 Å². The second-order valence-electron chi connectivity index (χ2n) is 5.02. The highest BCUT2D eigenvalue weighted by atomic mass is 16.8. The SMILES string of the molecule is CO[C@H]1OC2COC(c3ccccc3)O[C@H]2C2OC21. The molecule has 3 aliphatic heterocycles. The lowest BCUT2D eigenvalue weighted by molar-refractivity contribution is -0.304. The molecule has 0 N–H and O–H groups in total. The van der Waals surface area contributed by atoms with Crippen molar-refractivity contribution in [3.63, 3.8) is 0 Å². The van der Waals surface area contributed by atoms with Gasteiger partial charge in [-0.2, -0.15) is 0 Å². The molecule has 0 aromatic heterocycles. The Balaban J connectivity index is 1.50. The third-order valence-corrected chi connectivity index (χ3v) is 3.83. The zero-order valence-electron chi connectivity index (χ0n) is 10.6. The summed E-state index contributed by atoms with van der Waals surface area (Å²) in [6.07, 6.45) is -0.759.